The molecule has 18 heavy (non-hydrogen) atoms. The number of hydrogen-bond donors (Lipinski definition) is 3. The van der Waals surface area contributed by atoms with Crippen LogP contribution in [0.2, 0.25) is 0 Å². The van der Waals surface area contributed by atoms with E-state index in [1.807, 2.05) is 0 Å². The highest BCUT2D eigenvalue weighted by Gasteiger charge is 2.39. The van der Waals surface area contributed by atoms with Crippen LogP contribution in [-0.2, 0) is 14.4 Å². The third-order valence-electron chi connectivity index (χ3n) is 3.33. The van der Waals surface area contributed by atoms with Crippen molar-refractivity contribution in [1.82, 2.24) is 10.6 Å². The lowest BCUT2D eigenvalue weighted by atomic mass is 9.66. The van der Waals surface area contributed by atoms with Crippen molar-refractivity contribution in [2.75, 3.05) is 13.1 Å². The zero-order valence-corrected chi connectivity index (χ0v) is 10.6. The molecule has 1 aliphatic rings. The van der Waals surface area contributed by atoms with Crippen LogP contribution < -0.4 is 10.6 Å². The predicted octanol–water partition coefficient (Wildman–Crippen LogP) is 0.274. The van der Waals surface area contributed by atoms with Gasteiger partial charge in [0.2, 0.25) is 11.8 Å². The molecule has 6 nitrogen and oxygen atoms in total. The van der Waals surface area contributed by atoms with Crippen molar-refractivity contribution in [2.24, 2.45) is 5.41 Å². The second kappa shape index (κ2) is 6.37. The molecule has 0 aromatic carbocycles. The fourth-order valence-corrected chi connectivity index (χ4v) is 2.14. The second-order valence-corrected chi connectivity index (χ2v) is 4.93. The Balaban J connectivity index is 2.24. The summed E-state index contributed by atoms with van der Waals surface area (Å²) in [6, 6.07) is 0. The van der Waals surface area contributed by atoms with E-state index in [4.69, 9.17) is 5.11 Å². The normalized spacial score (nSPS) is 16.5. The van der Waals surface area contributed by atoms with Gasteiger partial charge in [0.25, 0.3) is 0 Å². The van der Waals surface area contributed by atoms with Gasteiger partial charge in [0.15, 0.2) is 0 Å². The molecule has 0 spiro atoms. The Morgan fingerprint density at radius 2 is 1.89 bits per heavy atom. The van der Waals surface area contributed by atoms with E-state index in [-0.39, 0.29) is 30.1 Å². The molecule has 1 fully saturated rings. The Morgan fingerprint density at radius 1 is 1.22 bits per heavy atom. The maximum atomic E-state index is 11.5. The number of nitrogens with one attached hydrogen (secondary N) is 2. The minimum absolute atomic E-state index is 0.110. The van der Waals surface area contributed by atoms with Crippen molar-refractivity contribution >= 4 is 17.8 Å². The van der Waals surface area contributed by atoms with Crippen LogP contribution in [0.3, 0.4) is 0 Å². The molecule has 0 aliphatic heterocycles. The summed E-state index contributed by atoms with van der Waals surface area (Å²) in [5.41, 5.74) is -0.254. The summed E-state index contributed by atoms with van der Waals surface area (Å²) >= 11 is 0. The van der Waals surface area contributed by atoms with Gasteiger partial charge in [0.05, 0.1) is 6.42 Å². The molecule has 0 saturated heterocycles. The average Bonchev–Trinajstić information content (AvgIpc) is 2.20. The van der Waals surface area contributed by atoms with Gasteiger partial charge < -0.3 is 15.7 Å². The topological polar surface area (TPSA) is 95.5 Å². The van der Waals surface area contributed by atoms with Gasteiger partial charge in [-0.05, 0) is 18.3 Å². The first-order valence-corrected chi connectivity index (χ1v) is 6.16. The average molecular weight is 256 g/mol. The number of rotatable bonds is 7. The number of carboxylic acid groups (broad SMARTS) is 1. The zero-order chi connectivity index (χ0) is 13.6. The standard InChI is InChI=1S/C12H20N2O4/c1-9(15)13-6-3-10(16)14-8-12(4-2-5-12)7-11(17)18/h2-8H2,1H3,(H,13,15)(H,14,16)(H,17,18). The molecule has 102 valence electrons. The lowest BCUT2D eigenvalue weighted by molar-refractivity contribution is -0.142. The second-order valence-electron chi connectivity index (χ2n) is 4.93. The summed E-state index contributed by atoms with van der Waals surface area (Å²) in [7, 11) is 0. The quantitative estimate of drug-likeness (QED) is 0.609. The van der Waals surface area contributed by atoms with E-state index in [0.717, 1.165) is 19.3 Å². The van der Waals surface area contributed by atoms with E-state index in [2.05, 4.69) is 10.6 Å². The first kappa shape index (κ1) is 14.5. The van der Waals surface area contributed by atoms with Crippen molar-refractivity contribution in [3.8, 4) is 0 Å². The highest BCUT2D eigenvalue weighted by atomic mass is 16.4. The molecule has 3 N–H and O–H groups in total. The summed E-state index contributed by atoms with van der Waals surface area (Å²) in [5.74, 6) is -1.13. The fourth-order valence-electron chi connectivity index (χ4n) is 2.14. The minimum atomic E-state index is -0.817. The zero-order valence-electron chi connectivity index (χ0n) is 10.6. The number of amides is 2. The molecular weight excluding hydrogens is 236 g/mol. The molecule has 6 heteroatoms. The molecule has 0 atom stereocenters. The molecular formula is C12H20N2O4. The van der Waals surface area contributed by atoms with Gasteiger partial charge >= 0.3 is 5.97 Å². The molecule has 0 bridgehead atoms. The van der Waals surface area contributed by atoms with Crippen LogP contribution in [0.15, 0.2) is 0 Å². The molecule has 0 unspecified atom stereocenters. The third kappa shape index (κ3) is 4.73. The van der Waals surface area contributed by atoms with Gasteiger partial charge in [0, 0.05) is 26.4 Å². The van der Waals surface area contributed by atoms with Crippen molar-refractivity contribution in [3.63, 3.8) is 0 Å². The summed E-state index contributed by atoms with van der Waals surface area (Å²) < 4.78 is 0. The molecule has 1 rings (SSSR count). The monoisotopic (exact) mass is 256 g/mol. The number of carbonyl (C=O) groups is 3. The Hall–Kier alpha value is -1.59. The Bertz CT molecular complexity index is 337. The molecule has 1 saturated carbocycles. The SMILES string of the molecule is CC(=O)NCCC(=O)NCC1(CC(=O)O)CCC1. The van der Waals surface area contributed by atoms with Gasteiger partial charge in [-0.3, -0.25) is 14.4 Å². The maximum absolute atomic E-state index is 11.5. The lowest BCUT2D eigenvalue weighted by Crippen LogP contribution is -2.44. The highest BCUT2D eigenvalue weighted by molar-refractivity contribution is 5.78. The van der Waals surface area contributed by atoms with Crippen LogP contribution in [0.25, 0.3) is 0 Å². The van der Waals surface area contributed by atoms with E-state index < -0.39 is 5.97 Å². The number of carboxylic acids is 1. The maximum Gasteiger partial charge on any atom is 0.303 e. The number of carbonyl (C=O) groups excluding carboxylic acids is 2. The van der Waals surface area contributed by atoms with Crippen LogP contribution in [-0.4, -0.2) is 36.0 Å². The van der Waals surface area contributed by atoms with Crippen molar-refractivity contribution in [3.05, 3.63) is 0 Å². The molecule has 0 aromatic rings. The predicted molar refractivity (Wildman–Crippen MR) is 64.8 cm³/mol. The van der Waals surface area contributed by atoms with Crippen LogP contribution in [0.1, 0.15) is 39.0 Å². The van der Waals surface area contributed by atoms with E-state index in [0.29, 0.717) is 13.1 Å². The fraction of sp³-hybridized carbons (Fsp3) is 0.750. The van der Waals surface area contributed by atoms with Crippen molar-refractivity contribution < 1.29 is 19.5 Å². The smallest absolute Gasteiger partial charge is 0.303 e. The lowest BCUT2D eigenvalue weighted by Gasteiger charge is -2.40. The first-order valence-electron chi connectivity index (χ1n) is 6.16. The largest absolute Gasteiger partial charge is 0.481 e. The molecule has 0 radical (unpaired) electrons. The number of aliphatic carboxylic acids is 1. The number of hydrogen-bond acceptors (Lipinski definition) is 3. The molecule has 2 amide bonds. The first-order chi connectivity index (χ1) is 8.43. The van der Waals surface area contributed by atoms with Gasteiger partial charge in [-0.2, -0.15) is 0 Å². The van der Waals surface area contributed by atoms with Gasteiger partial charge in [-0.25, -0.2) is 0 Å². The van der Waals surface area contributed by atoms with Gasteiger partial charge in [0.1, 0.15) is 0 Å². The van der Waals surface area contributed by atoms with Crippen LogP contribution in [0, 0.1) is 5.41 Å². The van der Waals surface area contributed by atoms with Crippen LogP contribution in [0.5, 0.6) is 0 Å². The third-order valence-corrected chi connectivity index (χ3v) is 3.33. The highest BCUT2D eigenvalue weighted by Crippen LogP contribution is 2.43. The van der Waals surface area contributed by atoms with E-state index in [1.54, 1.807) is 0 Å². The van der Waals surface area contributed by atoms with Crippen LogP contribution in [0.4, 0.5) is 0 Å². The Kier molecular flexibility index (Phi) is 5.12. The minimum Gasteiger partial charge on any atom is -0.481 e. The summed E-state index contributed by atoms with van der Waals surface area (Å²) in [6.07, 6.45) is 3.06. The molecule has 0 heterocycles. The van der Waals surface area contributed by atoms with Crippen molar-refractivity contribution in [2.45, 2.75) is 39.0 Å². The Morgan fingerprint density at radius 3 is 2.33 bits per heavy atom. The Labute approximate surface area is 106 Å². The van der Waals surface area contributed by atoms with E-state index in [9.17, 15) is 14.4 Å². The van der Waals surface area contributed by atoms with E-state index in [1.165, 1.54) is 6.92 Å². The van der Waals surface area contributed by atoms with Gasteiger partial charge in [-0.1, -0.05) is 6.42 Å². The summed E-state index contributed by atoms with van der Waals surface area (Å²) in [5, 5.41) is 14.1. The summed E-state index contributed by atoms with van der Waals surface area (Å²) in [4.78, 5) is 32.8. The van der Waals surface area contributed by atoms with E-state index >= 15 is 0 Å². The molecule has 1 aliphatic carbocycles. The van der Waals surface area contributed by atoms with Crippen molar-refractivity contribution in [1.29, 1.82) is 0 Å². The van der Waals surface area contributed by atoms with Gasteiger partial charge in [-0.15, -0.1) is 0 Å². The molecule has 0 aromatic heterocycles. The van der Waals surface area contributed by atoms with Crippen LogP contribution >= 0.6 is 0 Å². The summed E-state index contributed by atoms with van der Waals surface area (Å²) in [6.45, 7) is 2.12.